The van der Waals surface area contributed by atoms with Crippen LogP contribution in [0.4, 0.5) is 5.95 Å². The van der Waals surface area contributed by atoms with Gasteiger partial charge in [0.2, 0.25) is 5.95 Å². The number of imidazole rings is 1. The Bertz CT molecular complexity index is 829. The summed E-state index contributed by atoms with van der Waals surface area (Å²) < 4.78 is 1.88. The third-order valence-electron chi connectivity index (χ3n) is 2.97. The molecule has 1 aromatic carbocycles. The smallest absolute Gasteiger partial charge is 0.230 e. The van der Waals surface area contributed by atoms with Gasteiger partial charge in [-0.05, 0) is 18.3 Å². The quantitative estimate of drug-likeness (QED) is 0.435. The van der Waals surface area contributed by atoms with E-state index in [9.17, 15) is 0 Å². The predicted octanol–water partition coefficient (Wildman–Crippen LogP) is 2.23. The largest absolute Gasteiger partial charge is 0.300 e. The molecule has 2 N–H and O–H groups in total. The van der Waals surface area contributed by atoms with E-state index < -0.39 is 0 Å². The Morgan fingerprint density at radius 1 is 1.13 bits per heavy atom. The number of rotatable bonds is 4. The van der Waals surface area contributed by atoms with E-state index in [4.69, 9.17) is 12.2 Å². The molecule has 0 bridgehead atoms. The summed E-state index contributed by atoms with van der Waals surface area (Å²) in [6.45, 7) is 3.30. The highest BCUT2D eigenvalue weighted by molar-refractivity contribution is 7.80. The predicted molar refractivity (Wildman–Crippen MR) is 93.5 cm³/mol. The summed E-state index contributed by atoms with van der Waals surface area (Å²) in [6.07, 6.45) is 5.21. The van der Waals surface area contributed by atoms with Crippen LogP contribution in [0.5, 0.6) is 0 Å². The van der Waals surface area contributed by atoms with E-state index in [-0.39, 0.29) is 5.11 Å². The van der Waals surface area contributed by atoms with Gasteiger partial charge in [-0.25, -0.2) is 9.97 Å². The molecular formula is C15H13N7S. The van der Waals surface area contributed by atoms with Crippen LogP contribution in [0.2, 0.25) is 0 Å². The van der Waals surface area contributed by atoms with E-state index in [1.54, 1.807) is 18.5 Å². The molecule has 0 aliphatic carbocycles. The summed E-state index contributed by atoms with van der Waals surface area (Å²) in [5.41, 5.74) is 3.52. The van der Waals surface area contributed by atoms with Crippen molar-refractivity contribution in [2.24, 2.45) is 5.10 Å². The van der Waals surface area contributed by atoms with Crippen LogP contribution in [0.3, 0.4) is 0 Å². The Kier molecular flexibility index (Phi) is 4.34. The van der Waals surface area contributed by atoms with Gasteiger partial charge in [-0.2, -0.15) is 10.1 Å². The highest BCUT2D eigenvalue weighted by Crippen LogP contribution is 2.20. The second-order valence-corrected chi connectivity index (χ2v) is 4.86. The first kappa shape index (κ1) is 14.8. The van der Waals surface area contributed by atoms with Gasteiger partial charge in [-0.15, -0.1) is 0 Å². The minimum absolute atomic E-state index is 0.270. The Morgan fingerprint density at radius 2 is 1.96 bits per heavy atom. The lowest BCUT2D eigenvalue weighted by Crippen LogP contribution is -2.24. The van der Waals surface area contributed by atoms with Crippen LogP contribution in [0.1, 0.15) is 0 Å². The Hall–Kier alpha value is -3.13. The number of nitrogens with zero attached hydrogens (tertiary/aromatic N) is 5. The van der Waals surface area contributed by atoms with Crippen molar-refractivity contribution >= 4 is 30.0 Å². The molecule has 114 valence electrons. The number of hydrogen-bond acceptors (Lipinski definition) is 5. The summed E-state index contributed by atoms with van der Waals surface area (Å²) in [5, 5.41) is 6.59. The highest BCUT2D eigenvalue weighted by atomic mass is 32.1. The lowest BCUT2D eigenvalue weighted by atomic mass is 10.2. The molecule has 3 rings (SSSR count). The van der Waals surface area contributed by atoms with E-state index in [0.717, 1.165) is 11.4 Å². The van der Waals surface area contributed by atoms with Crippen molar-refractivity contribution in [2.75, 3.05) is 5.32 Å². The Morgan fingerprint density at radius 3 is 2.74 bits per heavy atom. The van der Waals surface area contributed by atoms with Gasteiger partial charge in [0.1, 0.15) is 11.6 Å². The lowest BCUT2D eigenvalue weighted by Gasteiger charge is -2.09. The fourth-order valence-corrected chi connectivity index (χ4v) is 2.19. The molecule has 0 aliphatic rings. The molecule has 0 saturated heterocycles. The SMILES string of the molecule is C=NNC(=S)Nc1nccc(-n2ccnc2-c2ccccc2)n1. The molecule has 0 amide bonds. The van der Waals surface area contributed by atoms with Gasteiger partial charge in [0.25, 0.3) is 0 Å². The maximum Gasteiger partial charge on any atom is 0.230 e. The number of hydrogen-bond donors (Lipinski definition) is 2. The molecule has 0 saturated carbocycles. The number of thiocarbonyl (C=S) groups is 1. The lowest BCUT2D eigenvalue weighted by molar-refractivity contribution is 0.979. The molecule has 2 heterocycles. The third kappa shape index (κ3) is 3.38. The van der Waals surface area contributed by atoms with Crippen molar-refractivity contribution in [3.8, 4) is 17.2 Å². The zero-order valence-corrected chi connectivity index (χ0v) is 12.9. The van der Waals surface area contributed by atoms with Crippen molar-refractivity contribution < 1.29 is 0 Å². The van der Waals surface area contributed by atoms with E-state index in [0.29, 0.717) is 11.8 Å². The van der Waals surface area contributed by atoms with Gasteiger partial charge in [0.15, 0.2) is 5.11 Å². The number of aromatic nitrogens is 4. The number of nitrogens with one attached hydrogen (secondary N) is 2. The van der Waals surface area contributed by atoms with Crippen molar-refractivity contribution in [2.45, 2.75) is 0 Å². The zero-order chi connectivity index (χ0) is 16.1. The topological polar surface area (TPSA) is 80.0 Å². The summed E-state index contributed by atoms with van der Waals surface area (Å²) in [6, 6.07) is 11.7. The minimum atomic E-state index is 0.270. The van der Waals surface area contributed by atoms with Crippen LogP contribution in [0.25, 0.3) is 17.2 Å². The van der Waals surface area contributed by atoms with Gasteiger partial charge in [0.05, 0.1) is 0 Å². The molecule has 0 radical (unpaired) electrons. The third-order valence-corrected chi connectivity index (χ3v) is 3.16. The van der Waals surface area contributed by atoms with E-state index in [1.165, 1.54) is 0 Å². The van der Waals surface area contributed by atoms with Crippen LogP contribution < -0.4 is 10.7 Å². The fourth-order valence-electron chi connectivity index (χ4n) is 2.03. The molecule has 8 heteroatoms. The van der Waals surface area contributed by atoms with E-state index in [1.807, 2.05) is 41.1 Å². The van der Waals surface area contributed by atoms with Crippen LogP contribution in [-0.4, -0.2) is 31.3 Å². The maximum atomic E-state index is 5.03. The average Bonchev–Trinajstić information content (AvgIpc) is 3.06. The summed E-state index contributed by atoms with van der Waals surface area (Å²) >= 11 is 5.03. The minimum Gasteiger partial charge on any atom is -0.300 e. The zero-order valence-electron chi connectivity index (χ0n) is 12.0. The molecule has 0 fully saturated rings. The Labute approximate surface area is 138 Å². The standard InChI is InChI=1S/C15H13N7S/c1-16-21-15(23)20-14-18-8-7-12(19-14)22-10-9-17-13(22)11-5-3-2-4-6-11/h2-10H,1H2,(H2,18,19,20,21,23). The average molecular weight is 323 g/mol. The number of hydrazone groups is 1. The van der Waals surface area contributed by atoms with Crippen molar-refractivity contribution in [1.29, 1.82) is 0 Å². The summed E-state index contributed by atoms with van der Waals surface area (Å²) in [5.74, 6) is 1.83. The van der Waals surface area contributed by atoms with Gasteiger partial charge >= 0.3 is 0 Å². The Balaban J connectivity index is 1.93. The van der Waals surface area contributed by atoms with Crippen molar-refractivity contribution in [1.82, 2.24) is 24.9 Å². The first-order chi connectivity index (χ1) is 11.3. The molecular weight excluding hydrogens is 310 g/mol. The molecule has 7 nitrogen and oxygen atoms in total. The highest BCUT2D eigenvalue weighted by Gasteiger charge is 2.09. The molecule has 2 aromatic heterocycles. The van der Waals surface area contributed by atoms with Crippen LogP contribution >= 0.6 is 12.2 Å². The van der Waals surface area contributed by atoms with Crippen molar-refractivity contribution in [3.05, 3.63) is 55.0 Å². The molecule has 3 aromatic rings. The van der Waals surface area contributed by atoms with E-state index >= 15 is 0 Å². The van der Waals surface area contributed by atoms with Crippen LogP contribution in [-0.2, 0) is 0 Å². The van der Waals surface area contributed by atoms with Gasteiger partial charge in [-0.1, -0.05) is 30.3 Å². The summed E-state index contributed by atoms with van der Waals surface area (Å²) in [4.78, 5) is 13.0. The second kappa shape index (κ2) is 6.75. The van der Waals surface area contributed by atoms with Crippen LogP contribution in [0, 0.1) is 0 Å². The van der Waals surface area contributed by atoms with Crippen molar-refractivity contribution in [3.63, 3.8) is 0 Å². The molecule has 0 spiro atoms. The molecule has 23 heavy (non-hydrogen) atoms. The molecule has 0 atom stereocenters. The number of anilines is 1. The van der Waals surface area contributed by atoms with Gasteiger partial charge in [0, 0.05) is 30.9 Å². The summed E-state index contributed by atoms with van der Waals surface area (Å²) in [7, 11) is 0. The molecule has 0 unspecified atom stereocenters. The van der Waals surface area contributed by atoms with Crippen LogP contribution in [0.15, 0.2) is 60.1 Å². The second-order valence-electron chi connectivity index (χ2n) is 4.45. The maximum absolute atomic E-state index is 5.03. The van der Waals surface area contributed by atoms with E-state index in [2.05, 4.69) is 37.5 Å². The monoisotopic (exact) mass is 323 g/mol. The fraction of sp³-hybridized carbons (Fsp3) is 0. The van der Waals surface area contributed by atoms with Gasteiger partial charge in [-0.3, -0.25) is 15.3 Å². The molecule has 0 aliphatic heterocycles. The first-order valence-corrected chi connectivity index (χ1v) is 7.13. The normalized spacial score (nSPS) is 10.1. The number of benzene rings is 1. The first-order valence-electron chi connectivity index (χ1n) is 6.73. The van der Waals surface area contributed by atoms with Gasteiger partial charge < -0.3 is 0 Å².